The van der Waals surface area contributed by atoms with Crippen molar-refractivity contribution in [2.24, 2.45) is 0 Å². The number of aromatic nitrogens is 2. The van der Waals surface area contributed by atoms with E-state index in [0.29, 0.717) is 25.9 Å². The van der Waals surface area contributed by atoms with Gasteiger partial charge >= 0.3 is 0 Å². The molecule has 7 heteroatoms. The molecule has 2 aromatic rings. The molecule has 0 spiro atoms. The molecular weight excluding hydrogens is 313 g/mol. The van der Waals surface area contributed by atoms with Crippen LogP contribution in [-0.4, -0.2) is 51.3 Å². The van der Waals surface area contributed by atoms with Crippen molar-refractivity contribution in [1.82, 2.24) is 14.5 Å². The molecule has 1 aromatic carbocycles. The Labute approximate surface area is 139 Å². The molecular formula is C17H20FN3O3. The summed E-state index contributed by atoms with van der Waals surface area (Å²) in [4.78, 5) is 18.0. The lowest BCUT2D eigenvalue weighted by Gasteiger charge is -2.21. The van der Waals surface area contributed by atoms with Gasteiger partial charge in [0.15, 0.2) is 18.2 Å². The molecule has 128 valence electrons. The minimum atomic E-state index is -0.538. The summed E-state index contributed by atoms with van der Waals surface area (Å²) < 4.78 is 20.7. The summed E-state index contributed by atoms with van der Waals surface area (Å²) >= 11 is 0. The van der Waals surface area contributed by atoms with E-state index < -0.39 is 11.9 Å². The number of halogens is 1. The Morgan fingerprint density at radius 2 is 2.12 bits per heavy atom. The smallest absolute Gasteiger partial charge is 0.260 e. The summed E-state index contributed by atoms with van der Waals surface area (Å²) in [7, 11) is 0. The zero-order valence-electron chi connectivity index (χ0n) is 13.2. The van der Waals surface area contributed by atoms with Gasteiger partial charge in [0.2, 0.25) is 0 Å². The van der Waals surface area contributed by atoms with Gasteiger partial charge in [0.25, 0.3) is 5.91 Å². The molecule has 1 amide bonds. The van der Waals surface area contributed by atoms with E-state index in [4.69, 9.17) is 4.74 Å². The number of aliphatic hydroxyl groups is 1. The van der Waals surface area contributed by atoms with Crippen molar-refractivity contribution in [2.45, 2.75) is 25.0 Å². The fourth-order valence-electron chi connectivity index (χ4n) is 2.93. The van der Waals surface area contributed by atoms with Crippen molar-refractivity contribution >= 4 is 5.91 Å². The second-order valence-electron chi connectivity index (χ2n) is 5.82. The van der Waals surface area contributed by atoms with Gasteiger partial charge in [0.05, 0.1) is 18.5 Å². The monoisotopic (exact) mass is 333 g/mol. The van der Waals surface area contributed by atoms with Crippen LogP contribution in [0.25, 0.3) is 0 Å². The highest BCUT2D eigenvalue weighted by Crippen LogP contribution is 2.23. The topological polar surface area (TPSA) is 67.6 Å². The number of hydrogen-bond donors (Lipinski definition) is 1. The van der Waals surface area contributed by atoms with Crippen molar-refractivity contribution < 1.29 is 19.0 Å². The summed E-state index contributed by atoms with van der Waals surface area (Å²) in [6.07, 6.45) is 5.73. The van der Waals surface area contributed by atoms with Crippen LogP contribution in [-0.2, 0) is 4.79 Å². The molecule has 6 nitrogen and oxygen atoms in total. The molecule has 0 unspecified atom stereocenters. The van der Waals surface area contributed by atoms with Gasteiger partial charge < -0.3 is 19.3 Å². The van der Waals surface area contributed by atoms with Gasteiger partial charge in [0.1, 0.15) is 0 Å². The minimum absolute atomic E-state index is 0.0667. The zero-order valence-corrected chi connectivity index (χ0v) is 13.2. The Hall–Kier alpha value is -2.41. The molecule has 1 N–H and O–H groups in total. The molecule has 1 aromatic heterocycles. The maximum Gasteiger partial charge on any atom is 0.260 e. The summed E-state index contributed by atoms with van der Waals surface area (Å²) in [6, 6.07) is 5.90. The molecule has 24 heavy (non-hydrogen) atoms. The molecule has 1 aliphatic rings. The summed E-state index contributed by atoms with van der Waals surface area (Å²) in [5, 5.41) is 10.3. The highest BCUT2D eigenvalue weighted by Gasteiger charge is 2.28. The van der Waals surface area contributed by atoms with Crippen LogP contribution in [0.1, 0.15) is 18.9 Å². The molecule has 0 radical (unpaired) electrons. The molecule has 0 saturated carbocycles. The van der Waals surface area contributed by atoms with E-state index in [1.165, 1.54) is 12.1 Å². The maximum absolute atomic E-state index is 13.5. The summed E-state index contributed by atoms with van der Waals surface area (Å²) in [5.41, 5.74) is 0. The van der Waals surface area contributed by atoms with E-state index in [0.717, 1.165) is 0 Å². The van der Waals surface area contributed by atoms with Crippen molar-refractivity contribution in [3.8, 4) is 5.75 Å². The first kappa shape index (κ1) is 16.4. The van der Waals surface area contributed by atoms with Gasteiger partial charge in [-0.1, -0.05) is 12.1 Å². The first-order valence-corrected chi connectivity index (χ1v) is 7.96. The SMILES string of the molecule is O=C(COc1ccccc1F)N1CC[C@H](O)[C@@H](n2ccnc2)CC1. The Morgan fingerprint density at radius 1 is 1.33 bits per heavy atom. The standard InChI is InChI=1S/C17H20FN3O3/c18-13-3-1-2-4-16(13)24-11-17(23)20-8-5-14(15(22)6-9-20)21-10-7-19-12-21/h1-4,7,10,12,14-15,22H,5-6,8-9,11H2/t14-,15-/m0/s1. The molecule has 2 heterocycles. The Bertz CT molecular complexity index is 677. The first-order valence-electron chi connectivity index (χ1n) is 7.96. The number of likely N-dealkylation sites (tertiary alicyclic amines) is 1. The van der Waals surface area contributed by atoms with Gasteiger partial charge in [-0.25, -0.2) is 9.37 Å². The minimum Gasteiger partial charge on any atom is -0.481 e. The maximum atomic E-state index is 13.5. The third-order valence-corrected chi connectivity index (χ3v) is 4.28. The number of nitrogens with zero attached hydrogens (tertiary/aromatic N) is 3. The number of para-hydroxylation sites is 1. The third kappa shape index (κ3) is 3.73. The third-order valence-electron chi connectivity index (χ3n) is 4.28. The number of benzene rings is 1. The number of ether oxygens (including phenoxy) is 1. The fourth-order valence-corrected chi connectivity index (χ4v) is 2.93. The van der Waals surface area contributed by atoms with Crippen LogP contribution in [0.4, 0.5) is 4.39 Å². The molecule has 1 saturated heterocycles. The van der Waals surface area contributed by atoms with Crippen LogP contribution in [0.5, 0.6) is 5.75 Å². The van der Waals surface area contributed by atoms with E-state index in [-0.39, 0.29) is 24.3 Å². The van der Waals surface area contributed by atoms with Gasteiger partial charge in [0, 0.05) is 25.5 Å². The average Bonchev–Trinajstić information content (AvgIpc) is 3.04. The van der Waals surface area contributed by atoms with E-state index in [1.54, 1.807) is 29.6 Å². The molecule has 1 aliphatic heterocycles. The number of carbonyl (C=O) groups excluding carboxylic acids is 1. The largest absolute Gasteiger partial charge is 0.481 e. The summed E-state index contributed by atoms with van der Waals surface area (Å²) in [5.74, 6) is -0.634. The van der Waals surface area contributed by atoms with Gasteiger partial charge in [-0.05, 0) is 25.0 Å². The second-order valence-corrected chi connectivity index (χ2v) is 5.82. The second kappa shape index (κ2) is 7.44. The zero-order chi connectivity index (χ0) is 16.9. The number of hydrogen-bond acceptors (Lipinski definition) is 4. The van der Waals surface area contributed by atoms with Crippen molar-refractivity contribution in [1.29, 1.82) is 0 Å². The molecule has 0 bridgehead atoms. The van der Waals surface area contributed by atoms with E-state index in [1.807, 2.05) is 10.8 Å². The lowest BCUT2D eigenvalue weighted by molar-refractivity contribution is -0.133. The highest BCUT2D eigenvalue weighted by molar-refractivity contribution is 5.77. The Kier molecular flexibility index (Phi) is 5.10. The number of imidazole rings is 1. The predicted octanol–water partition coefficient (Wildman–Crippen LogP) is 1.63. The molecule has 2 atom stereocenters. The van der Waals surface area contributed by atoms with Crippen LogP contribution in [0, 0.1) is 5.82 Å². The van der Waals surface area contributed by atoms with Crippen molar-refractivity contribution in [3.05, 3.63) is 48.8 Å². The fraction of sp³-hybridized carbons (Fsp3) is 0.412. The van der Waals surface area contributed by atoms with E-state index >= 15 is 0 Å². The van der Waals surface area contributed by atoms with Gasteiger partial charge in [-0.15, -0.1) is 0 Å². The highest BCUT2D eigenvalue weighted by atomic mass is 19.1. The van der Waals surface area contributed by atoms with E-state index in [9.17, 15) is 14.3 Å². The van der Waals surface area contributed by atoms with Crippen molar-refractivity contribution in [2.75, 3.05) is 19.7 Å². The normalized spacial score (nSPS) is 21.3. The van der Waals surface area contributed by atoms with Crippen LogP contribution in [0.15, 0.2) is 43.0 Å². The Balaban J connectivity index is 1.57. The number of aliphatic hydroxyl groups excluding tert-OH is 1. The predicted molar refractivity (Wildman–Crippen MR) is 85.0 cm³/mol. The van der Waals surface area contributed by atoms with E-state index in [2.05, 4.69) is 4.98 Å². The van der Waals surface area contributed by atoms with Crippen LogP contribution >= 0.6 is 0 Å². The molecule has 0 aliphatic carbocycles. The first-order chi connectivity index (χ1) is 11.6. The van der Waals surface area contributed by atoms with Gasteiger partial charge in [-0.2, -0.15) is 0 Å². The number of rotatable bonds is 4. The number of amides is 1. The van der Waals surface area contributed by atoms with Crippen LogP contribution in [0.2, 0.25) is 0 Å². The Morgan fingerprint density at radius 3 is 2.88 bits per heavy atom. The summed E-state index contributed by atoms with van der Waals surface area (Å²) in [6.45, 7) is 0.748. The van der Waals surface area contributed by atoms with Crippen molar-refractivity contribution in [3.63, 3.8) is 0 Å². The van der Waals surface area contributed by atoms with Crippen LogP contribution in [0.3, 0.4) is 0 Å². The lowest BCUT2D eigenvalue weighted by atomic mass is 10.1. The average molecular weight is 333 g/mol. The lowest BCUT2D eigenvalue weighted by Crippen LogP contribution is -2.36. The number of carbonyl (C=O) groups is 1. The quantitative estimate of drug-likeness (QED) is 0.923. The molecule has 1 fully saturated rings. The van der Waals surface area contributed by atoms with Crippen LogP contribution < -0.4 is 4.74 Å². The molecule has 3 rings (SSSR count). The van der Waals surface area contributed by atoms with Gasteiger partial charge in [-0.3, -0.25) is 4.79 Å².